The Morgan fingerprint density at radius 2 is 1.43 bits per heavy atom. The minimum absolute atomic E-state index is 0.116. The van der Waals surface area contributed by atoms with Crippen molar-refractivity contribution in [2.24, 2.45) is 0 Å². The van der Waals surface area contributed by atoms with Crippen molar-refractivity contribution in [3.05, 3.63) is 50.4 Å². The van der Waals surface area contributed by atoms with E-state index in [4.69, 9.17) is 18.9 Å². The largest absolute Gasteiger partial charge is 0.492 e. The number of rotatable bonds is 8. The summed E-state index contributed by atoms with van der Waals surface area (Å²) in [5.41, 5.74) is 1.06. The molecule has 150 valence electrons. The van der Waals surface area contributed by atoms with E-state index in [0.717, 1.165) is 5.56 Å². The molecule has 0 radical (unpaired) electrons. The van der Waals surface area contributed by atoms with Crippen molar-refractivity contribution in [3.8, 4) is 17.2 Å². The van der Waals surface area contributed by atoms with E-state index >= 15 is 0 Å². The molecule has 0 saturated heterocycles. The molecule has 0 saturated carbocycles. The summed E-state index contributed by atoms with van der Waals surface area (Å²) in [6, 6.07) is 9.41. The highest BCUT2D eigenvalue weighted by Crippen LogP contribution is 2.50. The number of halogens is 2. The molecular weight excluding hydrogens is 498 g/mol. The van der Waals surface area contributed by atoms with Crippen LogP contribution in [0.4, 0.5) is 0 Å². The Hall–Kier alpha value is -2.26. The molecule has 0 atom stereocenters. The maximum absolute atomic E-state index is 12.6. The van der Waals surface area contributed by atoms with Gasteiger partial charge in [-0.25, -0.2) is 4.79 Å². The fraction of sp³-hybridized carbons (Fsp3) is 0.263. The number of carbonyl (C=O) groups is 2. The summed E-state index contributed by atoms with van der Waals surface area (Å²) in [5, 5.41) is 2.69. The fourth-order valence-corrected chi connectivity index (χ4v) is 4.08. The van der Waals surface area contributed by atoms with Gasteiger partial charge < -0.3 is 24.3 Å². The second-order valence-corrected chi connectivity index (χ2v) is 7.03. The Balaban J connectivity index is 2.12. The van der Waals surface area contributed by atoms with Crippen LogP contribution in [0.1, 0.15) is 15.9 Å². The van der Waals surface area contributed by atoms with Crippen molar-refractivity contribution in [1.82, 2.24) is 5.32 Å². The molecule has 2 aromatic carbocycles. The van der Waals surface area contributed by atoms with E-state index in [-0.39, 0.29) is 17.1 Å². The SMILES string of the molecule is COc1c(Br)c(C(=O)OCC(=O)NCc2ccccc2)c(Br)c(OC)c1OC. The number of hydrogen-bond donors (Lipinski definition) is 1. The lowest BCUT2D eigenvalue weighted by atomic mass is 10.2. The fourth-order valence-electron chi connectivity index (χ4n) is 2.41. The molecule has 28 heavy (non-hydrogen) atoms. The van der Waals surface area contributed by atoms with Gasteiger partial charge in [0.2, 0.25) is 5.75 Å². The molecule has 2 aromatic rings. The molecule has 0 aromatic heterocycles. The van der Waals surface area contributed by atoms with Crippen molar-refractivity contribution < 1.29 is 28.5 Å². The van der Waals surface area contributed by atoms with Gasteiger partial charge in [0.25, 0.3) is 5.91 Å². The zero-order chi connectivity index (χ0) is 20.7. The highest BCUT2D eigenvalue weighted by atomic mass is 79.9. The van der Waals surface area contributed by atoms with E-state index < -0.39 is 18.5 Å². The Morgan fingerprint density at radius 3 is 1.93 bits per heavy atom. The summed E-state index contributed by atoms with van der Waals surface area (Å²) < 4.78 is 21.7. The third-order valence-corrected chi connectivity index (χ3v) is 5.25. The van der Waals surface area contributed by atoms with E-state index in [2.05, 4.69) is 37.2 Å². The first-order valence-corrected chi connectivity index (χ1v) is 9.67. The zero-order valence-electron chi connectivity index (χ0n) is 15.5. The number of ether oxygens (including phenoxy) is 4. The summed E-state index contributed by atoms with van der Waals surface area (Å²) in [6.07, 6.45) is 0. The third-order valence-electron chi connectivity index (χ3n) is 3.73. The lowest BCUT2D eigenvalue weighted by Gasteiger charge is -2.18. The number of esters is 1. The standard InChI is InChI=1S/C19H19Br2NO6/c1-25-16-14(20)13(15(21)17(26-2)18(16)27-3)19(24)28-10-12(23)22-9-11-7-5-4-6-8-11/h4-8H,9-10H2,1-3H3,(H,22,23). The number of benzene rings is 2. The average Bonchev–Trinajstić information content (AvgIpc) is 2.71. The predicted molar refractivity (Wildman–Crippen MR) is 110 cm³/mol. The first-order chi connectivity index (χ1) is 13.4. The highest BCUT2D eigenvalue weighted by molar-refractivity contribution is 9.11. The van der Waals surface area contributed by atoms with Crippen molar-refractivity contribution in [3.63, 3.8) is 0 Å². The van der Waals surface area contributed by atoms with Crippen molar-refractivity contribution in [2.45, 2.75) is 6.54 Å². The highest BCUT2D eigenvalue weighted by Gasteiger charge is 2.29. The van der Waals surface area contributed by atoms with Gasteiger partial charge in [-0.2, -0.15) is 0 Å². The Bertz CT molecular complexity index is 826. The van der Waals surface area contributed by atoms with Crippen LogP contribution in [0, 0.1) is 0 Å². The molecule has 0 spiro atoms. The molecular formula is C19H19Br2NO6. The lowest BCUT2D eigenvalue weighted by Crippen LogP contribution is -2.28. The van der Waals surface area contributed by atoms with Crippen LogP contribution in [-0.4, -0.2) is 39.8 Å². The van der Waals surface area contributed by atoms with Gasteiger partial charge in [0.15, 0.2) is 18.1 Å². The molecule has 1 N–H and O–H groups in total. The molecule has 0 heterocycles. The zero-order valence-corrected chi connectivity index (χ0v) is 18.7. The Morgan fingerprint density at radius 1 is 0.893 bits per heavy atom. The maximum Gasteiger partial charge on any atom is 0.341 e. The summed E-state index contributed by atoms with van der Waals surface area (Å²) in [5.74, 6) is -0.309. The first kappa shape index (κ1) is 22.0. The van der Waals surface area contributed by atoms with Crippen LogP contribution in [0.3, 0.4) is 0 Å². The minimum atomic E-state index is -0.729. The second kappa shape index (κ2) is 10.3. The smallest absolute Gasteiger partial charge is 0.341 e. The molecule has 0 unspecified atom stereocenters. The number of hydrogen-bond acceptors (Lipinski definition) is 6. The van der Waals surface area contributed by atoms with Gasteiger partial charge in [-0.05, 0) is 37.4 Å². The number of nitrogens with one attached hydrogen (secondary N) is 1. The van der Waals surface area contributed by atoms with Gasteiger partial charge in [0.1, 0.15) is 0 Å². The van der Waals surface area contributed by atoms with E-state index in [1.54, 1.807) is 0 Å². The van der Waals surface area contributed by atoms with Crippen LogP contribution in [0.2, 0.25) is 0 Å². The van der Waals surface area contributed by atoms with E-state index in [1.807, 2.05) is 30.3 Å². The summed E-state index contributed by atoms with van der Waals surface area (Å²) in [4.78, 5) is 24.6. The maximum atomic E-state index is 12.6. The lowest BCUT2D eigenvalue weighted by molar-refractivity contribution is -0.124. The number of carbonyl (C=O) groups excluding carboxylic acids is 2. The number of amides is 1. The van der Waals surface area contributed by atoms with Crippen LogP contribution in [0.15, 0.2) is 39.3 Å². The third kappa shape index (κ3) is 4.96. The summed E-state index contributed by atoms with van der Waals surface area (Å²) >= 11 is 6.65. The molecule has 0 aliphatic heterocycles. The first-order valence-electron chi connectivity index (χ1n) is 8.09. The number of methoxy groups -OCH3 is 3. The van der Waals surface area contributed by atoms with Crippen LogP contribution in [-0.2, 0) is 16.1 Å². The van der Waals surface area contributed by atoms with Gasteiger partial charge in [0, 0.05) is 6.54 Å². The molecule has 7 nitrogen and oxygen atoms in total. The van der Waals surface area contributed by atoms with E-state index in [1.165, 1.54) is 21.3 Å². The van der Waals surface area contributed by atoms with Gasteiger partial charge in [-0.1, -0.05) is 30.3 Å². The normalized spacial score (nSPS) is 10.2. The van der Waals surface area contributed by atoms with Gasteiger partial charge >= 0.3 is 5.97 Å². The molecule has 0 fully saturated rings. The molecule has 2 rings (SSSR count). The average molecular weight is 517 g/mol. The topological polar surface area (TPSA) is 83.1 Å². The van der Waals surface area contributed by atoms with Crippen molar-refractivity contribution in [2.75, 3.05) is 27.9 Å². The van der Waals surface area contributed by atoms with Crippen LogP contribution >= 0.6 is 31.9 Å². The monoisotopic (exact) mass is 515 g/mol. The Labute approximate surface area is 179 Å². The van der Waals surface area contributed by atoms with Gasteiger partial charge in [-0.3, -0.25) is 4.79 Å². The molecule has 1 amide bonds. The van der Waals surface area contributed by atoms with Crippen molar-refractivity contribution >= 4 is 43.7 Å². The quantitative estimate of drug-likeness (QED) is 0.538. The second-order valence-electron chi connectivity index (χ2n) is 5.44. The van der Waals surface area contributed by atoms with Crippen LogP contribution in [0.5, 0.6) is 17.2 Å². The van der Waals surface area contributed by atoms with Gasteiger partial charge in [-0.15, -0.1) is 0 Å². The predicted octanol–water partition coefficient (Wildman–Crippen LogP) is 3.71. The van der Waals surface area contributed by atoms with Crippen LogP contribution in [0.25, 0.3) is 0 Å². The Kier molecular flexibility index (Phi) is 8.13. The summed E-state index contributed by atoms with van der Waals surface area (Å²) in [6.45, 7) is -0.0873. The van der Waals surface area contributed by atoms with Crippen molar-refractivity contribution in [1.29, 1.82) is 0 Å². The summed E-state index contributed by atoms with van der Waals surface area (Å²) in [7, 11) is 4.32. The molecule has 0 aliphatic rings. The van der Waals surface area contributed by atoms with E-state index in [0.29, 0.717) is 21.2 Å². The van der Waals surface area contributed by atoms with Gasteiger partial charge in [0.05, 0.1) is 35.8 Å². The molecule has 9 heteroatoms. The van der Waals surface area contributed by atoms with Crippen LogP contribution < -0.4 is 19.5 Å². The van der Waals surface area contributed by atoms with E-state index in [9.17, 15) is 9.59 Å². The molecule has 0 aliphatic carbocycles. The molecule has 0 bridgehead atoms. The minimum Gasteiger partial charge on any atom is -0.492 e.